The van der Waals surface area contributed by atoms with Crippen LogP contribution in [0.3, 0.4) is 0 Å². The first kappa shape index (κ1) is 15.0. The molecule has 1 unspecified atom stereocenters. The van der Waals surface area contributed by atoms with Crippen LogP contribution in [0.25, 0.3) is 0 Å². The Morgan fingerprint density at radius 2 is 2.15 bits per heavy atom. The van der Waals surface area contributed by atoms with E-state index in [9.17, 15) is 4.79 Å². The van der Waals surface area contributed by atoms with E-state index in [0.717, 1.165) is 38.0 Å². The Labute approximate surface area is 122 Å². The number of hydrogen-bond acceptors (Lipinski definition) is 2. The maximum absolute atomic E-state index is 12.5. The molecule has 3 heteroatoms. The highest BCUT2D eigenvalue weighted by Gasteiger charge is 2.27. The third-order valence-electron chi connectivity index (χ3n) is 4.21. The maximum atomic E-state index is 12.5. The van der Waals surface area contributed by atoms with Crippen molar-refractivity contribution in [3.8, 4) is 0 Å². The number of benzene rings is 1. The molecule has 1 N–H and O–H groups in total. The number of aryl methyl sites for hydroxylation is 1. The summed E-state index contributed by atoms with van der Waals surface area (Å²) in [5.74, 6) is 0.298. The number of rotatable bonds is 4. The number of carbonyl (C=O) groups excluding carboxylic acids is 1. The Balaban J connectivity index is 2.01. The van der Waals surface area contributed by atoms with Gasteiger partial charge in [-0.25, -0.2) is 0 Å². The van der Waals surface area contributed by atoms with Crippen LogP contribution < -0.4 is 5.32 Å². The summed E-state index contributed by atoms with van der Waals surface area (Å²) in [6.07, 6.45) is 3.06. The van der Waals surface area contributed by atoms with Gasteiger partial charge in [0.25, 0.3) is 0 Å². The Kier molecular flexibility index (Phi) is 5.18. The predicted molar refractivity (Wildman–Crippen MR) is 83.9 cm³/mol. The zero-order chi connectivity index (χ0) is 14.5. The summed E-state index contributed by atoms with van der Waals surface area (Å²) in [5, 5.41) is 3.13. The smallest absolute Gasteiger partial charge is 0.228 e. The highest BCUT2D eigenvalue weighted by atomic mass is 16.1. The first-order valence-electron chi connectivity index (χ1n) is 7.74. The average Bonchev–Trinajstić information content (AvgIpc) is 2.48. The summed E-state index contributed by atoms with van der Waals surface area (Å²) in [6, 6.07) is 8.61. The van der Waals surface area contributed by atoms with Gasteiger partial charge in [-0.15, -0.1) is 0 Å². The lowest BCUT2D eigenvalue weighted by atomic mass is 9.96. The number of carbonyl (C=O) groups is 1. The lowest BCUT2D eigenvalue weighted by molar-refractivity contribution is -0.121. The standard InChI is InChI=1S/C17H26N2O/c1-4-14-8-5-6-10-16(14)18-17(20)15-9-7-11-19(12-15)13(2)3/h5-6,8,10,13,15H,4,7,9,11-12H2,1-3H3,(H,18,20). The fraction of sp³-hybridized carbons (Fsp3) is 0.588. The lowest BCUT2D eigenvalue weighted by Gasteiger charge is -2.34. The summed E-state index contributed by atoms with van der Waals surface area (Å²) in [7, 11) is 0. The average molecular weight is 274 g/mol. The molecular weight excluding hydrogens is 248 g/mol. The molecule has 2 rings (SSSR count). The monoisotopic (exact) mass is 274 g/mol. The van der Waals surface area contributed by atoms with Crippen molar-refractivity contribution in [2.75, 3.05) is 18.4 Å². The number of amides is 1. The third-order valence-corrected chi connectivity index (χ3v) is 4.21. The van der Waals surface area contributed by atoms with Crippen molar-refractivity contribution in [2.45, 2.75) is 46.1 Å². The minimum Gasteiger partial charge on any atom is -0.326 e. The van der Waals surface area contributed by atoms with Crippen molar-refractivity contribution in [1.29, 1.82) is 0 Å². The molecule has 0 saturated carbocycles. The fourth-order valence-electron chi connectivity index (χ4n) is 2.87. The Hall–Kier alpha value is -1.35. The van der Waals surface area contributed by atoms with Crippen molar-refractivity contribution in [1.82, 2.24) is 4.90 Å². The van der Waals surface area contributed by atoms with Crippen LogP contribution in [0.5, 0.6) is 0 Å². The highest BCUT2D eigenvalue weighted by Crippen LogP contribution is 2.22. The fourth-order valence-corrected chi connectivity index (χ4v) is 2.87. The van der Waals surface area contributed by atoms with E-state index in [1.165, 1.54) is 5.56 Å². The van der Waals surface area contributed by atoms with Crippen LogP contribution >= 0.6 is 0 Å². The van der Waals surface area contributed by atoms with Gasteiger partial charge in [0.05, 0.1) is 5.92 Å². The minimum atomic E-state index is 0.121. The summed E-state index contributed by atoms with van der Waals surface area (Å²) >= 11 is 0. The third kappa shape index (κ3) is 3.60. The quantitative estimate of drug-likeness (QED) is 0.913. The molecule has 1 heterocycles. The SMILES string of the molecule is CCc1ccccc1NC(=O)C1CCCN(C(C)C)C1. The van der Waals surface area contributed by atoms with Gasteiger partial charge in [0, 0.05) is 18.3 Å². The van der Waals surface area contributed by atoms with Crippen molar-refractivity contribution in [2.24, 2.45) is 5.92 Å². The normalized spacial score (nSPS) is 20.1. The lowest BCUT2D eigenvalue weighted by Crippen LogP contribution is -2.43. The van der Waals surface area contributed by atoms with Gasteiger partial charge in [0.1, 0.15) is 0 Å². The number of para-hydroxylation sites is 1. The van der Waals surface area contributed by atoms with E-state index in [2.05, 4.69) is 37.1 Å². The molecule has 0 bridgehead atoms. The maximum Gasteiger partial charge on any atom is 0.228 e. The van der Waals surface area contributed by atoms with Crippen LogP contribution in [0.4, 0.5) is 5.69 Å². The number of nitrogens with one attached hydrogen (secondary N) is 1. The summed E-state index contributed by atoms with van der Waals surface area (Å²) in [6.45, 7) is 8.52. The van der Waals surface area contributed by atoms with Crippen LogP contribution in [0, 0.1) is 5.92 Å². The largest absolute Gasteiger partial charge is 0.326 e. The van der Waals surface area contributed by atoms with Crippen LogP contribution in [0.1, 0.15) is 39.2 Å². The first-order chi connectivity index (χ1) is 9.61. The molecule has 1 aliphatic rings. The molecular formula is C17H26N2O. The number of anilines is 1. The molecule has 1 fully saturated rings. The molecule has 0 aliphatic carbocycles. The van der Waals surface area contributed by atoms with Gasteiger partial charge in [-0.2, -0.15) is 0 Å². The van der Waals surface area contributed by atoms with E-state index in [1.54, 1.807) is 0 Å². The number of hydrogen-bond donors (Lipinski definition) is 1. The van der Waals surface area contributed by atoms with Crippen LogP contribution in [0.2, 0.25) is 0 Å². The second-order valence-electron chi connectivity index (χ2n) is 5.93. The van der Waals surface area contributed by atoms with Gasteiger partial charge >= 0.3 is 0 Å². The molecule has 0 radical (unpaired) electrons. The zero-order valence-electron chi connectivity index (χ0n) is 12.9. The topological polar surface area (TPSA) is 32.3 Å². The Bertz CT molecular complexity index is 456. The molecule has 1 atom stereocenters. The molecule has 1 amide bonds. The molecule has 1 aliphatic heterocycles. The van der Waals surface area contributed by atoms with Gasteiger partial charge in [-0.3, -0.25) is 4.79 Å². The summed E-state index contributed by atoms with van der Waals surface area (Å²) in [5.41, 5.74) is 2.18. The van der Waals surface area contributed by atoms with Gasteiger partial charge in [0.15, 0.2) is 0 Å². The van der Waals surface area contributed by atoms with Crippen LogP contribution in [-0.2, 0) is 11.2 Å². The van der Waals surface area contributed by atoms with Crippen molar-refractivity contribution in [3.63, 3.8) is 0 Å². The van der Waals surface area contributed by atoms with E-state index < -0.39 is 0 Å². The molecule has 110 valence electrons. The molecule has 1 aromatic rings. The number of likely N-dealkylation sites (tertiary alicyclic amines) is 1. The van der Waals surface area contributed by atoms with Gasteiger partial charge in [0.2, 0.25) is 5.91 Å². The van der Waals surface area contributed by atoms with Crippen molar-refractivity contribution in [3.05, 3.63) is 29.8 Å². The molecule has 0 spiro atoms. The van der Waals surface area contributed by atoms with E-state index >= 15 is 0 Å². The predicted octanol–water partition coefficient (Wildman–Crippen LogP) is 3.31. The van der Waals surface area contributed by atoms with Crippen molar-refractivity contribution >= 4 is 11.6 Å². The molecule has 0 aromatic heterocycles. The van der Waals surface area contributed by atoms with E-state index in [0.29, 0.717) is 6.04 Å². The van der Waals surface area contributed by atoms with Crippen LogP contribution in [-0.4, -0.2) is 29.9 Å². The number of nitrogens with zero attached hydrogens (tertiary/aromatic N) is 1. The summed E-state index contributed by atoms with van der Waals surface area (Å²) < 4.78 is 0. The highest BCUT2D eigenvalue weighted by molar-refractivity contribution is 5.93. The number of piperidine rings is 1. The Morgan fingerprint density at radius 3 is 2.85 bits per heavy atom. The van der Waals surface area contributed by atoms with E-state index in [-0.39, 0.29) is 11.8 Å². The second-order valence-corrected chi connectivity index (χ2v) is 5.93. The molecule has 20 heavy (non-hydrogen) atoms. The van der Waals surface area contributed by atoms with E-state index in [1.807, 2.05) is 18.2 Å². The first-order valence-corrected chi connectivity index (χ1v) is 7.74. The molecule has 3 nitrogen and oxygen atoms in total. The molecule has 1 aromatic carbocycles. The van der Waals surface area contributed by atoms with Gasteiger partial charge in [-0.1, -0.05) is 25.1 Å². The minimum absolute atomic E-state index is 0.121. The van der Waals surface area contributed by atoms with E-state index in [4.69, 9.17) is 0 Å². The van der Waals surface area contributed by atoms with Crippen LogP contribution in [0.15, 0.2) is 24.3 Å². The van der Waals surface area contributed by atoms with Crippen molar-refractivity contribution < 1.29 is 4.79 Å². The van der Waals surface area contributed by atoms with Gasteiger partial charge in [-0.05, 0) is 51.3 Å². The summed E-state index contributed by atoms with van der Waals surface area (Å²) in [4.78, 5) is 14.9. The zero-order valence-corrected chi connectivity index (χ0v) is 12.9. The Morgan fingerprint density at radius 1 is 1.40 bits per heavy atom. The second kappa shape index (κ2) is 6.89. The van der Waals surface area contributed by atoms with Gasteiger partial charge < -0.3 is 10.2 Å². The molecule has 1 saturated heterocycles.